The van der Waals surface area contributed by atoms with E-state index in [1.807, 2.05) is 38.1 Å². The molecule has 0 aliphatic carbocycles. The van der Waals surface area contributed by atoms with Crippen LogP contribution in [-0.2, 0) is 14.3 Å². The van der Waals surface area contributed by atoms with Gasteiger partial charge in [0, 0.05) is 20.1 Å². The summed E-state index contributed by atoms with van der Waals surface area (Å²) in [6.45, 7) is 4.55. The maximum Gasteiger partial charge on any atom is 0.234 e. The van der Waals surface area contributed by atoms with Crippen molar-refractivity contribution in [2.45, 2.75) is 32.6 Å². The minimum atomic E-state index is -0.398. The van der Waals surface area contributed by atoms with Crippen LogP contribution in [0.5, 0.6) is 0 Å². The van der Waals surface area contributed by atoms with Gasteiger partial charge in [0.1, 0.15) is 0 Å². The molecule has 0 spiro atoms. The van der Waals surface area contributed by atoms with Crippen molar-refractivity contribution in [3.63, 3.8) is 0 Å². The number of aryl methyl sites for hydroxylation is 1. The number of benzene rings is 1. The summed E-state index contributed by atoms with van der Waals surface area (Å²) in [4.78, 5) is 24.0. The van der Waals surface area contributed by atoms with E-state index in [0.717, 1.165) is 11.1 Å². The molecule has 2 rings (SSSR count). The van der Waals surface area contributed by atoms with E-state index in [4.69, 9.17) is 4.74 Å². The molecule has 20 heavy (non-hydrogen) atoms. The van der Waals surface area contributed by atoms with Crippen LogP contribution in [0.25, 0.3) is 0 Å². The highest BCUT2D eigenvalue weighted by Crippen LogP contribution is 2.44. The highest BCUT2D eigenvalue weighted by atomic mass is 16.5. The predicted molar refractivity (Wildman–Crippen MR) is 76.3 cm³/mol. The van der Waals surface area contributed by atoms with Gasteiger partial charge in [0.25, 0.3) is 0 Å². The lowest BCUT2D eigenvalue weighted by Gasteiger charge is -2.40. The van der Waals surface area contributed by atoms with Crippen molar-refractivity contribution >= 4 is 11.8 Å². The van der Waals surface area contributed by atoms with Crippen molar-refractivity contribution in [1.29, 1.82) is 0 Å². The lowest BCUT2D eigenvalue weighted by molar-refractivity contribution is -0.140. The standard InChI is InChI=1S/C16H21NO3/c1-11-4-6-12(7-5-11)14-15(19)17-13(18)10-16(14,2)8-9-20-3/h4-7,14H,8-10H2,1-3H3,(H,17,18,19). The van der Waals surface area contributed by atoms with Crippen molar-refractivity contribution in [3.05, 3.63) is 35.4 Å². The van der Waals surface area contributed by atoms with Gasteiger partial charge in [-0.05, 0) is 24.3 Å². The Labute approximate surface area is 119 Å². The average Bonchev–Trinajstić information content (AvgIpc) is 2.38. The molecule has 0 radical (unpaired) electrons. The first kappa shape index (κ1) is 14.7. The largest absolute Gasteiger partial charge is 0.385 e. The Morgan fingerprint density at radius 1 is 1.30 bits per heavy atom. The molecule has 0 aromatic heterocycles. The first-order valence-corrected chi connectivity index (χ1v) is 6.85. The van der Waals surface area contributed by atoms with E-state index in [0.29, 0.717) is 19.4 Å². The van der Waals surface area contributed by atoms with Crippen LogP contribution in [0.3, 0.4) is 0 Å². The number of ether oxygens (including phenoxy) is 1. The molecule has 1 aromatic rings. The van der Waals surface area contributed by atoms with Crippen molar-refractivity contribution in [3.8, 4) is 0 Å². The second kappa shape index (κ2) is 5.75. The van der Waals surface area contributed by atoms with Gasteiger partial charge in [-0.25, -0.2) is 0 Å². The first-order valence-electron chi connectivity index (χ1n) is 6.85. The van der Waals surface area contributed by atoms with Crippen LogP contribution < -0.4 is 5.32 Å². The highest BCUT2D eigenvalue weighted by molar-refractivity contribution is 6.02. The van der Waals surface area contributed by atoms with Gasteiger partial charge < -0.3 is 4.74 Å². The van der Waals surface area contributed by atoms with Gasteiger partial charge in [-0.15, -0.1) is 0 Å². The Morgan fingerprint density at radius 2 is 1.95 bits per heavy atom. The number of imide groups is 1. The SMILES string of the molecule is COCCC1(C)CC(=O)NC(=O)C1c1ccc(C)cc1. The van der Waals surface area contributed by atoms with Crippen molar-refractivity contribution in [2.24, 2.45) is 5.41 Å². The number of carbonyl (C=O) groups is 2. The normalized spacial score (nSPS) is 26.4. The van der Waals surface area contributed by atoms with Crippen LogP contribution in [0.4, 0.5) is 0 Å². The number of amides is 2. The molecule has 1 N–H and O–H groups in total. The fourth-order valence-corrected chi connectivity index (χ4v) is 2.92. The molecule has 1 aliphatic rings. The van der Waals surface area contributed by atoms with Gasteiger partial charge in [-0.1, -0.05) is 36.8 Å². The quantitative estimate of drug-likeness (QED) is 0.857. The molecule has 108 valence electrons. The van der Waals surface area contributed by atoms with E-state index in [9.17, 15) is 9.59 Å². The van der Waals surface area contributed by atoms with E-state index in [2.05, 4.69) is 5.32 Å². The minimum Gasteiger partial charge on any atom is -0.385 e. The van der Waals surface area contributed by atoms with E-state index in [-0.39, 0.29) is 17.7 Å². The smallest absolute Gasteiger partial charge is 0.234 e. The number of hydrogen-bond donors (Lipinski definition) is 1. The van der Waals surface area contributed by atoms with Gasteiger partial charge in [0.05, 0.1) is 5.92 Å². The summed E-state index contributed by atoms with van der Waals surface area (Å²) in [5.41, 5.74) is 1.71. The van der Waals surface area contributed by atoms with Crippen molar-refractivity contribution in [2.75, 3.05) is 13.7 Å². The minimum absolute atomic E-state index is 0.197. The van der Waals surface area contributed by atoms with E-state index in [1.165, 1.54) is 0 Å². The van der Waals surface area contributed by atoms with Crippen LogP contribution in [0.2, 0.25) is 0 Å². The second-order valence-corrected chi connectivity index (χ2v) is 5.83. The summed E-state index contributed by atoms with van der Waals surface area (Å²) >= 11 is 0. The third-order valence-electron chi connectivity index (χ3n) is 4.07. The van der Waals surface area contributed by atoms with Gasteiger partial charge in [0.15, 0.2) is 0 Å². The summed E-state index contributed by atoms with van der Waals surface area (Å²) in [7, 11) is 1.63. The van der Waals surface area contributed by atoms with Gasteiger partial charge in [0.2, 0.25) is 11.8 Å². The van der Waals surface area contributed by atoms with Crippen LogP contribution in [-0.4, -0.2) is 25.5 Å². The monoisotopic (exact) mass is 275 g/mol. The average molecular weight is 275 g/mol. The molecule has 1 fully saturated rings. The Balaban J connectivity index is 2.36. The third kappa shape index (κ3) is 2.90. The number of piperidine rings is 1. The zero-order valence-electron chi connectivity index (χ0n) is 12.2. The second-order valence-electron chi connectivity index (χ2n) is 5.83. The van der Waals surface area contributed by atoms with Gasteiger partial charge in [-0.2, -0.15) is 0 Å². The topological polar surface area (TPSA) is 55.4 Å². The van der Waals surface area contributed by atoms with Crippen molar-refractivity contribution < 1.29 is 14.3 Å². The molecule has 0 saturated carbocycles. The number of carbonyl (C=O) groups excluding carboxylic acids is 2. The molecular weight excluding hydrogens is 254 g/mol. The summed E-state index contributed by atoms with van der Waals surface area (Å²) in [6, 6.07) is 7.94. The molecule has 4 heteroatoms. The lowest BCUT2D eigenvalue weighted by Crippen LogP contribution is -2.49. The van der Waals surface area contributed by atoms with E-state index in [1.54, 1.807) is 7.11 Å². The zero-order valence-corrected chi connectivity index (χ0v) is 12.2. The van der Waals surface area contributed by atoms with Crippen LogP contribution in [0.15, 0.2) is 24.3 Å². The van der Waals surface area contributed by atoms with Gasteiger partial charge in [-0.3, -0.25) is 14.9 Å². The summed E-state index contributed by atoms with van der Waals surface area (Å²) in [5, 5.41) is 2.46. The van der Waals surface area contributed by atoms with E-state index >= 15 is 0 Å². The van der Waals surface area contributed by atoms with Crippen LogP contribution in [0.1, 0.15) is 36.8 Å². The Morgan fingerprint density at radius 3 is 2.55 bits per heavy atom. The Hall–Kier alpha value is -1.68. The molecular formula is C16H21NO3. The van der Waals surface area contributed by atoms with Crippen LogP contribution in [0, 0.1) is 12.3 Å². The summed E-state index contributed by atoms with van der Waals surface area (Å²) in [6.07, 6.45) is 1.03. The molecule has 1 aromatic carbocycles. The summed E-state index contributed by atoms with van der Waals surface area (Å²) in [5.74, 6) is -0.711. The lowest BCUT2D eigenvalue weighted by atomic mass is 9.67. The molecule has 2 unspecified atom stereocenters. The molecule has 2 atom stereocenters. The number of nitrogens with one attached hydrogen (secondary N) is 1. The van der Waals surface area contributed by atoms with E-state index < -0.39 is 5.41 Å². The summed E-state index contributed by atoms with van der Waals surface area (Å²) < 4.78 is 5.14. The maximum absolute atomic E-state index is 12.3. The predicted octanol–water partition coefficient (Wildman–Crippen LogP) is 2.17. The first-order chi connectivity index (χ1) is 9.46. The highest BCUT2D eigenvalue weighted by Gasteiger charge is 2.45. The number of methoxy groups -OCH3 is 1. The Kier molecular flexibility index (Phi) is 4.23. The molecule has 1 heterocycles. The third-order valence-corrected chi connectivity index (χ3v) is 4.07. The molecule has 2 amide bonds. The number of rotatable bonds is 4. The fourth-order valence-electron chi connectivity index (χ4n) is 2.92. The molecule has 1 aliphatic heterocycles. The molecule has 1 saturated heterocycles. The maximum atomic E-state index is 12.3. The Bertz CT molecular complexity index is 509. The van der Waals surface area contributed by atoms with Crippen molar-refractivity contribution in [1.82, 2.24) is 5.32 Å². The molecule has 4 nitrogen and oxygen atoms in total. The zero-order chi connectivity index (χ0) is 14.8. The number of hydrogen-bond acceptors (Lipinski definition) is 3. The molecule has 0 bridgehead atoms. The van der Waals surface area contributed by atoms with Crippen LogP contribution >= 0.6 is 0 Å². The fraction of sp³-hybridized carbons (Fsp3) is 0.500. The van der Waals surface area contributed by atoms with Gasteiger partial charge >= 0.3 is 0 Å².